The van der Waals surface area contributed by atoms with E-state index in [1.807, 2.05) is 12.1 Å². The molecule has 0 atom stereocenters. The van der Waals surface area contributed by atoms with Crippen molar-refractivity contribution < 1.29 is 26.4 Å². The van der Waals surface area contributed by atoms with Gasteiger partial charge in [0.15, 0.2) is 0 Å². The molecule has 0 saturated carbocycles. The number of nitrogens with zero attached hydrogens (tertiary/aromatic N) is 1. The van der Waals surface area contributed by atoms with Crippen LogP contribution < -0.4 is 9.62 Å². The molecule has 1 N–H and O–H groups in total. The Kier molecular flexibility index (Phi) is 5.14. The number of amides is 1. The summed E-state index contributed by atoms with van der Waals surface area (Å²) in [5.74, 6) is -1.09. The monoisotopic (exact) mass is 398 g/mol. The Labute approximate surface area is 154 Å². The molecule has 3 rings (SSSR count). The Hall–Kier alpha value is -2.55. The molecule has 144 valence electrons. The van der Waals surface area contributed by atoms with Crippen molar-refractivity contribution in [1.29, 1.82) is 0 Å². The van der Waals surface area contributed by atoms with Gasteiger partial charge in [0.2, 0.25) is 10.0 Å². The SMILES string of the molecule is O=C(NCCS(=O)(=O)N1CCc2ccccc21)c1cccc(C(F)(F)F)c1. The first-order valence-corrected chi connectivity index (χ1v) is 9.83. The van der Waals surface area contributed by atoms with Crippen LogP contribution in [0.2, 0.25) is 0 Å². The number of halogens is 3. The normalized spacial score (nSPS) is 14.1. The highest BCUT2D eigenvalue weighted by Gasteiger charge is 2.31. The molecule has 1 amide bonds. The fourth-order valence-corrected chi connectivity index (χ4v) is 4.37. The van der Waals surface area contributed by atoms with Crippen LogP contribution in [0.15, 0.2) is 48.5 Å². The molecule has 0 aromatic heterocycles. The van der Waals surface area contributed by atoms with Crippen LogP contribution in [0.5, 0.6) is 0 Å². The van der Waals surface area contributed by atoms with Gasteiger partial charge in [-0.1, -0.05) is 24.3 Å². The van der Waals surface area contributed by atoms with Gasteiger partial charge in [-0.3, -0.25) is 9.10 Å². The Morgan fingerprint density at radius 1 is 1.11 bits per heavy atom. The number of benzene rings is 2. The highest BCUT2D eigenvalue weighted by Crippen LogP contribution is 2.30. The molecule has 9 heteroatoms. The lowest BCUT2D eigenvalue weighted by atomic mass is 10.1. The van der Waals surface area contributed by atoms with E-state index < -0.39 is 27.7 Å². The van der Waals surface area contributed by atoms with Crippen LogP contribution in [0, 0.1) is 0 Å². The van der Waals surface area contributed by atoms with Gasteiger partial charge in [0.25, 0.3) is 5.91 Å². The van der Waals surface area contributed by atoms with Gasteiger partial charge >= 0.3 is 6.18 Å². The first kappa shape index (κ1) is 19.2. The molecule has 1 aliphatic heterocycles. The number of sulfonamides is 1. The highest BCUT2D eigenvalue weighted by atomic mass is 32.2. The van der Waals surface area contributed by atoms with Gasteiger partial charge in [-0.2, -0.15) is 13.2 Å². The lowest BCUT2D eigenvalue weighted by Gasteiger charge is -2.19. The molecule has 1 heterocycles. The molecule has 0 bridgehead atoms. The average molecular weight is 398 g/mol. The second kappa shape index (κ2) is 7.22. The summed E-state index contributed by atoms with van der Waals surface area (Å²) in [6.07, 6.45) is -3.94. The first-order chi connectivity index (χ1) is 12.7. The number of alkyl halides is 3. The molecule has 0 spiro atoms. The molecular formula is C18H17F3N2O3S. The summed E-state index contributed by atoms with van der Waals surface area (Å²) < 4.78 is 64.5. The predicted octanol–water partition coefficient (Wildman–Crippen LogP) is 2.83. The Morgan fingerprint density at radius 3 is 2.59 bits per heavy atom. The van der Waals surface area contributed by atoms with Crippen molar-refractivity contribution in [2.45, 2.75) is 12.6 Å². The smallest absolute Gasteiger partial charge is 0.351 e. The van der Waals surface area contributed by atoms with E-state index in [0.717, 1.165) is 23.8 Å². The minimum atomic E-state index is -4.55. The van der Waals surface area contributed by atoms with E-state index >= 15 is 0 Å². The number of fused-ring (bicyclic) bond motifs is 1. The first-order valence-electron chi connectivity index (χ1n) is 8.22. The van der Waals surface area contributed by atoms with E-state index in [-0.39, 0.29) is 17.9 Å². The fraction of sp³-hybridized carbons (Fsp3) is 0.278. The molecule has 5 nitrogen and oxygen atoms in total. The zero-order valence-corrected chi connectivity index (χ0v) is 15.0. The molecule has 2 aromatic rings. The number of carbonyl (C=O) groups excluding carboxylic acids is 1. The number of anilines is 1. The molecular weight excluding hydrogens is 381 g/mol. The van der Waals surface area contributed by atoms with Crippen molar-refractivity contribution >= 4 is 21.6 Å². The summed E-state index contributed by atoms with van der Waals surface area (Å²) in [6.45, 7) is 0.138. The minimum absolute atomic E-state index is 0.172. The van der Waals surface area contributed by atoms with E-state index in [0.29, 0.717) is 18.7 Å². The van der Waals surface area contributed by atoms with Gasteiger partial charge in [-0.25, -0.2) is 8.42 Å². The second-order valence-corrected chi connectivity index (χ2v) is 8.11. The third kappa shape index (κ3) is 4.24. The average Bonchev–Trinajstić information content (AvgIpc) is 3.06. The zero-order chi connectivity index (χ0) is 19.7. The molecule has 0 unspecified atom stereocenters. The van der Waals surface area contributed by atoms with E-state index in [2.05, 4.69) is 5.32 Å². The van der Waals surface area contributed by atoms with Crippen molar-refractivity contribution in [2.24, 2.45) is 0 Å². The van der Waals surface area contributed by atoms with Crippen LogP contribution in [0.4, 0.5) is 18.9 Å². The van der Waals surface area contributed by atoms with E-state index in [1.165, 1.54) is 10.4 Å². The number of carbonyl (C=O) groups is 1. The van der Waals surface area contributed by atoms with Crippen LogP contribution in [0.3, 0.4) is 0 Å². The quantitative estimate of drug-likeness (QED) is 0.842. The summed E-state index contributed by atoms with van der Waals surface area (Å²) in [5, 5.41) is 2.37. The van der Waals surface area contributed by atoms with Crippen molar-refractivity contribution in [2.75, 3.05) is 23.1 Å². The van der Waals surface area contributed by atoms with Crippen LogP contribution in [0.25, 0.3) is 0 Å². The van der Waals surface area contributed by atoms with E-state index in [1.54, 1.807) is 12.1 Å². The number of hydrogen-bond donors (Lipinski definition) is 1. The molecule has 0 radical (unpaired) electrons. The van der Waals surface area contributed by atoms with Crippen LogP contribution in [-0.4, -0.2) is 33.2 Å². The summed E-state index contributed by atoms with van der Waals surface area (Å²) in [4.78, 5) is 12.0. The Balaban J connectivity index is 1.62. The summed E-state index contributed by atoms with van der Waals surface area (Å²) in [7, 11) is -3.64. The maximum Gasteiger partial charge on any atom is 0.416 e. The summed E-state index contributed by atoms with van der Waals surface area (Å²) in [6, 6.07) is 11.2. The fourth-order valence-electron chi connectivity index (χ4n) is 2.94. The number of rotatable bonds is 5. The maximum absolute atomic E-state index is 12.7. The van der Waals surface area contributed by atoms with Crippen molar-refractivity contribution in [3.63, 3.8) is 0 Å². The van der Waals surface area contributed by atoms with Crippen molar-refractivity contribution in [3.05, 3.63) is 65.2 Å². The lowest BCUT2D eigenvalue weighted by molar-refractivity contribution is -0.137. The van der Waals surface area contributed by atoms with Gasteiger partial charge in [0.05, 0.1) is 17.0 Å². The Morgan fingerprint density at radius 2 is 1.85 bits per heavy atom. The lowest BCUT2D eigenvalue weighted by Crippen LogP contribution is -2.37. The number of para-hydroxylation sites is 1. The second-order valence-electron chi connectivity index (χ2n) is 6.10. The summed E-state index contributed by atoms with van der Waals surface area (Å²) >= 11 is 0. The minimum Gasteiger partial charge on any atom is -0.351 e. The topological polar surface area (TPSA) is 66.5 Å². The highest BCUT2D eigenvalue weighted by molar-refractivity contribution is 7.92. The van der Waals surface area contributed by atoms with Gasteiger partial charge < -0.3 is 5.32 Å². The predicted molar refractivity (Wildman–Crippen MR) is 95.1 cm³/mol. The van der Waals surface area contributed by atoms with Crippen LogP contribution >= 0.6 is 0 Å². The van der Waals surface area contributed by atoms with Crippen LogP contribution in [-0.2, 0) is 22.6 Å². The van der Waals surface area contributed by atoms with Gasteiger partial charge in [0.1, 0.15) is 0 Å². The van der Waals surface area contributed by atoms with Gasteiger partial charge in [0, 0.05) is 18.7 Å². The van der Waals surface area contributed by atoms with Gasteiger partial charge in [-0.05, 0) is 36.2 Å². The van der Waals surface area contributed by atoms with Crippen LogP contribution in [0.1, 0.15) is 21.5 Å². The van der Waals surface area contributed by atoms with E-state index in [9.17, 15) is 26.4 Å². The third-order valence-electron chi connectivity index (χ3n) is 4.28. The van der Waals surface area contributed by atoms with E-state index in [4.69, 9.17) is 0 Å². The summed E-state index contributed by atoms with van der Waals surface area (Å²) in [5.41, 5.74) is 0.459. The number of hydrogen-bond acceptors (Lipinski definition) is 3. The van der Waals surface area contributed by atoms with Crippen molar-refractivity contribution in [3.8, 4) is 0 Å². The molecule has 1 aliphatic rings. The third-order valence-corrected chi connectivity index (χ3v) is 6.05. The van der Waals surface area contributed by atoms with Crippen molar-refractivity contribution in [1.82, 2.24) is 5.32 Å². The zero-order valence-electron chi connectivity index (χ0n) is 14.2. The number of nitrogens with one attached hydrogen (secondary N) is 1. The molecule has 0 fully saturated rings. The largest absolute Gasteiger partial charge is 0.416 e. The van der Waals surface area contributed by atoms with Gasteiger partial charge in [-0.15, -0.1) is 0 Å². The standard InChI is InChI=1S/C18H17F3N2O3S/c19-18(20,21)15-6-3-5-14(12-15)17(24)22-9-11-27(25,26)23-10-8-13-4-1-2-7-16(13)23/h1-7,12H,8-11H2,(H,22,24). The molecule has 2 aromatic carbocycles. The molecule has 0 saturated heterocycles. The molecule has 0 aliphatic carbocycles. The Bertz CT molecular complexity index is 958. The molecule has 27 heavy (non-hydrogen) atoms. The maximum atomic E-state index is 12.7.